The van der Waals surface area contributed by atoms with Gasteiger partial charge in [0.1, 0.15) is 17.5 Å². The number of benzene rings is 2. The SMILES string of the molecule is CNC(c1cc(F)cc(F)c1)c1ccc(Cl)c(F)c1. The van der Waals surface area contributed by atoms with Crippen LogP contribution >= 0.6 is 11.6 Å². The van der Waals surface area contributed by atoms with Gasteiger partial charge in [-0.05, 0) is 42.4 Å². The first-order valence-corrected chi connectivity index (χ1v) is 5.97. The molecule has 0 bridgehead atoms. The van der Waals surface area contributed by atoms with Gasteiger partial charge in [0.05, 0.1) is 11.1 Å². The van der Waals surface area contributed by atoms with Crippen LogP contribution in [0.5, 0.6) is 0 Å². The minimum absolute atomic E-state index is 0.00373. The van der Waals surface area contributed by atoms with E-state index in [0.717, 1.165) is 6.07 Å². The summed E-state index contributed by atoms with van der Waals surface area (Å²) < 4.78 is 39.9. The average Bonchev–Trinajstić information content (AvgIpc) is 2.33. The minimum atomic E-state index is -0.676. The van der Waals surface area contributed by atoms with Crippen LogP contribution in [0, 0.1) is 17.5 Å². The summed E-state index contributed by atoms with van der Waals surface area (Å²) in [6.45, 7) is 0. The van der Waals surface area contributed by atoms with Gasteiger partial charge in [-0.25, -0.2) is 13.2 Å². The van der Waals surface area contributed by atoms with Crippen molar-refractivity contribution in [2.24, 2.45) is 0 Å². The van der Waals surface area contributed by atoms with Crippen LogP contribution < -0.4 is 5.32 Å². The molecule has 1 N–H and O–H groups in total. The third-order valence-electron chi connectivity index (χ3n) is 2.78. The molecule has 5 heteroatoms. The van der Waals surface area contributed by atoms with Crippen LogP contribution in [0.3, 0.4) is 0 Å². The third kappa shape index (κ3) is 3.08. The predicted octanol–water partition coefficient (Wildman–Crippen LogP) is 4.07. The first-order valence-electron chi connectivity index (χ1n) is 5.59. The molecule has 0 heterocycles. The van der Waals surface area contributed by atoms with Crippen molar-refractivity contribution in [3.05, 3.63) is 70.0 Å². The smallest absolute Gasteiger partial charge is 0.142 e. The van der Waals surface area contributed by atoms with Gasteiger partial charge in [-0.2, -0.15) is 0 Å². The molecule has 0 amide bonds. The van der Waals surface area contributed by atoms with Crippen molar-refractivity contribution in [1.82, 2.24) is 5.32 Å². The summed E-state index contributed by atoms with van der Waals surface area (Å²) in [5.74, 6) is -1.93. The second kappa shape index (κ2) is 5.63. The molecule has 0 aliphatic carbocycles. The zero-order valence-corrected chi connectivity index (χ0v) is 10.8. The predicted molar refractivity (Wildman–Crippen MR) is 68.7 cm³/mol. The van der Waals surface area contributed by atoms with E-state index in [1.807, 2.05) is 0 Å². The molecular weight excluding hydrogens is 275 g/mol. The molecule has 0 fully saturated rings. The first kappa shape index (κ1) is 13.9. The van der Waals surface area contributed by atoms with Crippen LogP contribution in [0.4, 0.5) is 13.2 Å². The van der Waals surface area contributed by atoms with Crippen molar-refractivity contribution in [3.8, 4) is 0 Å². The highest BCUT2D eigenvalue weighted by Gasteiger charge is 2.15. The molecule has 0 saturated carbocycles. The highest BCUT2D eigenvalue weighted by molar-refractivity contribution is 6.30. The van der Waals surface area contributed by atoms with Crippen molar-refractivity contribution >= 4 is 11.6 Å². The van der Waals surface area contributed by atoms with Gasteiger partial charge in [-0.1, -0.05) is 17.7 Å². The largest absolute Gasteiger partial charge is 0.309 e. The molecule has 0 spiro atoms. The monoisotopic (exact) mass is 285 g/mol. The molecule has 1 atom stereocenters. The molecule has 0 aliphatic rings. The van der Waals surface area contributed by atoms with Gasteiger partial charge in [-0.15, -0.1) is 0 Å². The molecule has 100 valence electrons. The van der Waals surface area contributed by atoms with Crippen LogP contribution in [-0.4, -0.2) is 7.05 Å². The van der Waals surface area contributed by atoms with Gasteiger partial charge < -0.3 is 5.32 Å². The van der Waals surface area contributed by atoms with Crippen LogP contribution in [0.1, 0.15) is 17.2 Å². The molecule has 1 unspecified atom stereocenters. The molecule has 0 radical (unpaired) electrons. The van der Waals surface area contributed by atoms with E-state index in [-0.39, 0.29) is 5.02 Å². The van der Waals surface area contributed by atoms with E-state index in [0.29, 0.717) is 11.1 Å². The van der Waals surface area contributed by atoms with E-state index in [1.165, 1.54) is 24.3 Å². The molecule has 0 aromatic heterocycles. The lowest BCUT2D eigenvalue weighted by Crippen LogP contribution is -2.18. The number of nitrogens with one attached hydrogen (secondary N) is 1. The maximum absolute atomic E-state index is 13.4. The van der Waals surface area contributed by atoms with Crippen molar-refractivity contribution in [1.29, 1.82) is 0 Å². The van der Waals surface area contributed by atoms with Crippen molar-refractivity contribution < 1.29 is 13.2 Å². The van der Waals surface area contributed by atoms with Gasteiger partial charge >= 0.3 is 0 Å². The molecule has 2 aromatic rings. The average molecular weight is 286 g/mol. The molecule has 0 aliphatic heterocycles. The number of rotatable bonds is 3. The van der Waals surface area contributed by atoms with Crippen LogP contribution in [0.2, 0.25) is 5.02 Å². The summed E-state index contributed by atoms with van der Waals surface area (Å²) in [6.07, 6.45) is 0. The summed E-state index contributed by atoms with van der Waals surface area (Å²) >= 11 is 5.61. The van der Waals surface area contributed by atoms with E-state index in [4.69, 9.17) is 11.6 Å². The summed E-state index contributed by atoms with van der Waals surface area (Å²) in [5.41, 5.74) is 0.913. The standard InChI is InChI=1S/C14H11ClF3N/c1-19-14(8-2-3-12(15)13(18)6-8)9-4-10(16)7-11(17)5-9/h2-7,14,19H,1H3. The van der Waals surface area contributed by atoms with Crippen LogP contribution in [0.25, 0.3) is 0 Å². The lowest BCUT2D eigenvalue weighted by molar-refractivity contribution is 0.570. The second-order valence-corrected chi connectivity index (χ2v) is 4.51. The second-order valence-electron chi connectivity index (χ2n) is 4.10. The fourth-order valence-corrected chi connectivity index (χ4v) is 2.08. The molecular formula is C14H11ClF3N. The van der Waals surface area contributed by atoms with Gasteiger partial charge in [0, 0.05) is 6.07 Å². The summed E-state index contributed by atoms with van der Waals surface area (Å²) in [6, 6.07) is 6.94. The van der Waals surface area contributed by atoms with Crippen molar-refractivity contribution in [3.63, 3.8) is 0 Å². The van der Waals surface area contributed by atoms with Crippen LogP contribution in [0.15, 0.2) is 36.4 Å². The maximum Gasteiger partial charge on any atom is 0.142 e. The Labute approximate surface area is 114 Å². The van der Waals surface area contributed by atoms with Crippen molar-refractivity contribution in [2.75, 3.05) is 7.05 Å². The molecule has 1 nitrogen and oxygen atoms in total. The summed E-state index contributed by atoms with van der Waals surface area (Å²) in [5, 5.41) is 2.90. The minimum Gasteiger partial charge on any atom is -0.309 e. The quantitative estimate of drug-likeness (QED) is 0.896. The number of halogens is 4. The highest BCUT2D eigenvalue weighted by Crippen LogP contribution is 2.26. The maximum atomic E-state index is 13.4. The Hall–Kier alpha value is -1.52. The van der Waals surface area contributed by atoms with Gasteiger partial charge in [0.25, 0.3) is 0 Å². The topological polar surface area (TPSA) is 12.0 Å². The van der Waals surface area contributed by atoms with E-state index < -0.39 is 23.5 Å². The Kier molecular flexibility index (Phi) is 4.12. The zero-order chi connectivity index (χ0) is 14.0. The Morgan fingerprint density at radius 3 is 2.11 bits per heavy atom. The molecule has 0 saturated heterocycles. The lowest BCUT2D eigenvalue weighted by Gasteiger charge is -2.17. The Morgan fingerprint density at radius 1 is 0.947 bits per heavy atom. The zero-order valence-electron chi connectivity index (χ0n) is 10.1. The third-order valence-corrected chi connectivity index (χ3v) is 3.09. The van der Waals surface area contributed by atoms with Gasteiger partial charge in [-0.3, -0.25) is 0 Å². The Bertz CT molecular complexity index is 581. The molecule has 2 rings (SSSR count). The Balaban J connectivity index is 2.46. The fraction of sp³-hybridized carbons (Fsp3) is 0.143. The first-order chi connectivity index (χ1) is 9.01. The van der Waals surface area contributed by atoms with Gasteiger partial charge in [0.2, 0.25) is 0 Å². The lowest BCUT2D eigenvalue weighted by atomic mass is 9.98. The highest BCUT2D eigenvalue weighted by atomic mass is 35.5. The van der Waals surface area contributed by atoms with E-state index >= 15 is 0 Å². The molecule has 2 aromatic carbocycles. The van der Waals surface area contributed by atoms with E-state index in [2.05, 4.69) is 5.32 Å². The summed E-state index contributed by atoms with van der Waals surface area (Å²) in [4.78, 5) is 0. The van der Waals surface area contributed by atoms with E-state index in [9.17, 15) is 13.2 Å². The molecule has 19 heavy (non-hydrogen) atoms. The Morgan fingerprint density at radius 2 is 1.58 bits per heavy atom. The van der Waals surface area contributed by atoms with Crippen LogP contribution in [-0.2, 0) is 0 Å². The number of hydrogen-bond acceptors (Lipinski definition) is 1. The number of hydrogen-bond donors (Lipinski definition) is 1. The van der Waals surface area contributed by atoms with Crippen molar-refractivity contribution in [2.45, 2.75) is 6.04 Å². The van der Waals surface area contributed by atoms with Gasteiger partial charge in [0.15, 0.2) is 0 Å². The fourth-order valence-electron chi connectivity index (χ4n) is 1.96. The van der Waals surface area contributed by atoms with E-state index in [1.54, 1.807) is 13.1 Å². The summed E-state index contributed by atoms with van der Waals surface area (Å²) in [7, 11) is 1.62. The normalized spacial score (nSPS) is 12.5.